The zero-order valence-electron chi connectivity index (χ0n) is 11.9. The largest absolute Gasteiger partial charge is 0.444 e. The Hall–Kier alpha value is -0.0300. The molecule has 1 amide bonds. The van der Waals surface area contributed by atoms with Crippen LogP contribution in [0.3, 0.4) is 0 Å². The van der Waals surface area contributed by atoms with Crippen molar-refractivity contribution in [3.05, 3.63) is 9.47 Å². The van der Waals surface area contributed by atoms with E-state index in [0.717, 1.165) is 35.6 Å². The lowest BCUT2D eigenvalue weighted by atomic mass is 9.98. The third-order valence-electron chi connectivity index (χ3n) is 3.05. The third-order valence-corrected chi connectivity index (χ3v) is 3.70. The van der Waals surface area contributed by atoms with Gasteiger partial charge in [-0.25, -0.2) is 4.79 Å². The van der Waals surface area contributed by atoms with E-state index < -0.39 is 5.60 Å². The Morgan fingerprint density at radius 2 is 2.05 bits per heavy atom. The number of halogens is 2. The minimum absolute atomic E-state index is 0.168. The number of hydrogen-bond donors (Lipinski definition) is 0. The molecule has 0 bridgehead atoms. The fourth-order valence-corrected chi connectivity index (χ4v) is 2.70. The molecule has 1 rings (SSSR count). The van der Waals surface area contributed by atoms with Crippen molar-refractivity contribution in [3.8, 4) is 0 Å². The first-order valence-electron chi connectivity index (χ1n) is 6.80. The Morgan fingerprint density at radius 1 is 1.37 bits per heavy atom. The number of allylic oxidation sites excluding steroid dienone is 1. The Labute approximate surface area is 133 Å². The van der Waals surface area contributed by atoms with E-state index in [1.165, 1.54) is 6.42 Å². The van der Waals surface area contributed by atoms with Crippen LogP contribution in [-0.2, 0) is 4.74 Å². The van der Waals surface area contributed by atoms with Gasteiger partial charge in [0.1, 0.15) is 5.60 Å². The molecule has 0 spiro atoms. The fourth-order valence-electron chi connectivity index (χ4n) is 2.25. The molecule has 1 saturated heterocycles. The normalized spacial score (nSPS) is 20.1. The van der Waals surface area contributed by atoms with Gasteiger partial charge in [-0.15, -0.1) is 0 Å². The summed E-state index contributed by atoms with van der Waals surface area (Å²) in [6, 6.07) is 0.305. The smallest absolute Gasteiger partial charge is 0.410 e. The van der Waals surface area contributed by atoms with E-state index >= 15 is 0 Å². The van der Waals surface area contributed by atoms with E-state index in [1.807, 2.05) is 25.7 Å². The van der Waals surface area contributed by atoms with Crippen molar-refractivity contribution >= 4 is 38.0 Å². The van der Waals surface area contributed by atoms with Crippen molar-refractivity contribution in [2.75, 3.05) is 6.54 Å². The van der Waals surface area contributed by atoms with E-state index in [-0.39, 0.29) is 6.09 Å². The van der Waals surface area contributed by atoms with Crippen LogP contribution < -0.4 is 0 Å². The van der Waals surface area contributed by atoms with Crippen LogP contribution in [0.2, 0.25) is 0 Å². The van der Waals surface area contributed by atoms with E-state index in [4.69, 9.17) is 4.74 Å². The summed E-state index contributed by atoms with van der Waals surface area (Å²) < 4.78 is 6.46. The minimum atomic E-state index is -0.419. The molecule has 1 fully saturated rings. The summed E-state index contributed by atoms with van der Waals surface area (Å²) in [7, 11) is 0. The summed E-state index contributed by atoms with van der Waals surface area (Å²) >= 11 is 6.71. The van der Waals surface area contributed by atoms with Crippen molar-refractivity contribution in [3.63, 3.8) is 0 Å². The molecule has 0 aromatic carbocycles. The maximum atomic E-state index is 12.2. The molecule has 0 aromatic heterocycles. The molecule has 1 unspecified atom stereocenters. The van der Waals surface area contributed by atoms with E-state index in [2.05, 4.69) is 37.9 Å². The highest BCUT2D eigenvalue weighted by Gasteiger charge is 2.29. The minimum Gasteiger partial charge on any atom is -0.444 e. The van der Waals surface area contributed by atoms with Crippen LogP contribution in [0.15, 0.2) is 9.47 Å². The molecule has 5 heteroatoms. The first-order chi connectivity index (χ1) is 8.79. The predicted molar refractivity (Wildman–Crippen MR) is 85.8 cm³/mol. The zero-order valence-corrected chi connectivity index (χ0v) is 15.1. The lowest BCUT2D eigenvalue weighted by Gasteiger charge is -2.36. The monoisotopic (exact) mass is 395 g/mol. The van der Waals surface area contributed by atoms with E-state index in [1.54, 1.807) is 0 Å². The van der Waals surface area contributed by atoms with Crippen molar-refractivity contribution in [2.45, 2.75) is 64.5 Å². The number of amides is 1. The molecule has 0 N–H and O–H groups in total. The van der Waals surface area contributed by atoms with Gasteiger partial charge in [-0.05, 0) is 84.7 Å². The molecule has 1 atom stereocenters. The molecule has 110 valence electrons. The second-order valence-electron chi connectivity index (χ2n) is 5.89. The van der Waals surface area contributed by atoms with Crippen LogP contribution in [0.5, 0.6) is 0 Å². The van der Waals surface area contributed by atoms with Crippen LogP contribution in [0.25, 0.3) is 0 Å². The van der Waals surface area contributed by atoms with Gasteiger partial charge in [0, 0.05) is 12.6 Å². The van der Waals surface area contributed by atoms with Gasteiger partial charge in [0.2, 0.25) is 0 Å². The molecular weight excluding hydrogens is 374 g/mol. The molecule has 0 radical (unpaired) electrons. The average Bonchev–Trinajstić information content (AvgIpc) is 2.26. The topological polar surface area (TPSA) is 29.5 Å². The molecule has 1 aliphatic heterocycles. The molecule has 1 aliphatic rings. The standard InChI is InChI=1S/C14H23Br2NO2/c1-14(2,3)19-13(18)17-10-5-4-7-11(17)8-6-9-12(15)16/h9,11H,4-8,10H2,1-3H3. The van der Waals surface area contributed by atoms with Gasteiger partial charge in [-0.1, -0.05) is 6.08 Å². The SMILES string of the molecule is CC(C)(C)OC(=O)N1CCCCC1CCC=C(Br)Br. The Morgan fingerprint density at radius 3 is 2.63 bits per heavy atom. The molecule has 0 saturated carbocycles. The third kappa shape index (κ3) is 6.80. The van der Waals surface area contributed by atoms with E-state index in [0.29, 0.717) is 6.04 Å². The summed E-state index contributed by atoms with van der Waals surface area (Å²) in [5.41, 5.74) is -0.419. The molecular formula is C14H23Br2NO2. The van der Waals surface area contributed by atoms with Crippen molar-refractivity contribution in [2.24, 2.45) is 0 Å². The summed E-state index contributed by atoms with van der Waals surface area (Å²) in [5.74, 6) is 0. The highest BCUT2D eigenvalue weighted by Crippen LogP contribution is 2.24. The van der Waals surface area contributed by atoms with Gasteiger partial charge >= 0.3 is 6.09 Å². The molecule has 0 aliphatic carbocycles. The van der Waals surface area contributed by atoms with Gasteiger partial charge in [-0.3, -0.25) is 0 Å². The van der Waals surface area contributed by atoms with Gasteiger partial charge in [0.15, 0.2) is 0 Å². The van der Waals surface area contributed by atoms with Gasteiger partial charge < -0.3 is 9.64 Å². The average molecular weight is 397 g/mol. The number of nitrogens with zero attached hydrogens (tertiary/aromatic N) is 1. The lowest BCUT2D eigenvalue weighted by molar-refractivity contribution is 0.00899. The number of hydrogen-bond acceptors (Lipinski definition) is 2. The Kier molecular flexibility index (Phi) is 6.87. The van der Waals surface area contributed by atoms with E-state index in [9.17, 15) is 4.79 Å². The molecule has 19 heavy (non-hydrogen) atoms. The number of carbonyl (C=O) groups is 1. The van der Waals surface area contributed by atoms with Gasteiger partial charge in [0.25, 0.3) is 0 Å². The number of rotatable bonds is 3. The van der Waals surface area contributed by atoms with Crippen LogP contribution in [0.4, 0.5) is 4.79 Å². The quantitative estimate of drug-likeness (QED) is 0.656. The summed E-state index contributed by atoms with van der Waals surface area (Å²) in [5, 5.41) is 0. The number of piperidine rings is 1. The molecule has 3 nitrogen and oxygen atoms in total. The van der Waals surface area contributed by atoms with Crippen LogP contribution in [-0.4, -0.2) is 29.2 Å². The number of likely N-dealkylation sites (tertiary alicyclic amines) is 1. The summed E-state index contributed by atoms with van der Waals surface area (Å²) in [4.78, 5) is 14.1. The van der Waals surface area contributed by atoms with Gasteiger partial charge in [-0.2, -0.15) is 0 Å². The number of carbonyl (C=O) groups excluding carboxylic acids is 1. The first-order valence-corrected chi connectivity index (χ1v) is 8.39. The summed E-state index contributed by atoms with van der Waals surface area (Å²) in [6.45, 7) is 6.55. The maximum absolute atomic E-state index is 12.2. The number of ether oxygens (including phenoxy) is 1. The zero-order chi connectivity index (χ0) is 14.5. The fraction of sp³-hybridized carbons (Fsp3) is 0.786. The second kappa shape index (κ2) is 7.67. The second-order valence-corrected chi connectivity index (χ2v) is 8.67. The molecule has 0 aromatic rings. The Balaban J connectivity index is 2.56. The lowest BCUT2D eigenvalue weighted by Crippen LogP contribution is -2.46. The van der Waals surface area contributed by atoms with Crippen LogP contribution in [0, 0.1) is 0 Å². The van der Waals surface area contributed by atoms with Crippen molar-refractivity contribution < 1.29 is 9.53 Å². The van der Waals surface area contributed by atoms with Crippen molar-refractivity contribution in [1.29, 1.82) is 0 Å². The van der Waals surface area contributed by atoms with Crippen LogP contribution >= 0.6 is 31.9 Å². The highest BCUT2D eigenvalue weighted by atomic mass is 79.9. The van der Waals surface area contributed by atoms with Crippen molar-refractivity contribution in [1.82, 2.24) is 4.90 Å². The summed E-state index contributed by atoms with van der Waals surface area (Å²) in [6.07, 6.45) is 7.21. The van der Waals surface area contributed by atoms with Gasteiger partial charge in [0.05, 0.1) is 3.39 Å². The predicted octanol–water partition coefficient (Wildman–Crippen LogP) is 5.19. The van der Waals surface area contributed by atoms with Crippen LogP contribution in [0.1, 0.15) is 52.9 Å². The highest BCUT2D eigenvalue weighted by molar-refractivity contribution is 9.28. The first kappa shape index (κ1) is 17.0. The molecule has 1 heterocycles. The Bertz CT molecular complexity index is 333. The maximum Gasteiger partial charge on any atom is 0.410 e.